The van der Waals surface area contributed by atoms with Crippen LogP contribution in [-0.4, -0.2) is 30.8 Å². The molecule has 0 spiro atoms. The van der Waals surface area contributed by atoms with Gasteiger partial charge in [0.2, 0.25) is 10.0 Å². The standard InChI is InChI=1S/C15H17ClN2O2S/c1-2-18(12-9-13-7-10-17-11-8-13)21(19,20)15-6-4-3-5-14(15)16/h3-8,10-11H,2,9,12H2,1H3. The van der Waals surface area contributed by atoms with Crippen LogP contribution >= 0.6 is 11.6 Å². The van der Waals surface area contributed by atoms with E-state index in [9.17, 15) is 8.42 Å². The summed E-state index contributed by atoms with van der Waals surface area (Å²) in [6.45, 7) is 2.63. The average Bonchev–Trinajstić information content (AvgIpc) is 2.49. The number of nitrogens with zero attached hydrogens (tertiary/aromatic N) is 2. The summed E-state index contributed by atoms with van der Waals surface area (Å²) in [5.41, 5.74) is 1.05. The molecule has 0 saturated carbocycles. The summed E-state index contributed by atoms with van der Waals surface area (Å²) in [7, 11) is -3.57. The molecule has 21 heavy (non-hydrogen) atoms. The molecule has 112 valence electrons. The monoisotopic (exact) mass is 324 g/mol. The van der Waals surface area contributed by atoms with E-state index in [-0.39, 0.29) is 9.92 Å². The first-order valence-corrected chi connectivity index (χ1v) is 8.51. The van der Waals surface area contributed by atoms with Gasteiger partial charge in [0.15, 0.2) is 0 Å². The second-order valence-electron chi connectivity index (χ2n) is 4.53. The molecule has 0 aliphatic rings. The van der Waals surface area contributed by atoms with E-state index in [2.05, 4.69) is 4.98 Å². The highest BCUT2D eigenvalue weighted by atomic mass is 35.5. The summed E-state index contributed by atoms with van der Waals surface area (Å²) in [6, 6.07) is 10.3. The maximum absolute atomic E-state index is 12.6. The van der Waals surface area contributed by atoms with E-state index in [0.29, 0.717) is 19.5 Å². The average molecular weight is 325 g/mol. The van der Waals surface area contributed by atoms with Crippen LogP contribution in [0.5, 0.6) is 0 Å². The van der Waals surface area contributed by atoms with E-state index < -0.39 is 10.0 Å². The third-order valence-electron chi connectivity index (χ3n) is 3.21. The lowest BCUT2D eigenvalue weighted by atomic mass is 10.2. The molecule has 0 aliphatic carbocycles. The number of benzene rings is 1. The van der Waals surface area contributed by atoms with Crippen molar-refractivity contribution in [2.45, 2.75) is 18.2 Å². The fourth-order valence-corrected chi connectivity index (χ4v) is 3.99. The molecular formula is C15H17ClN2O2S. The number of rotatable bonds is 6. The zero-order chi connectivity index (χ0) is 15.3. The largest absolute Gasteiger partial charge is 0.265 e. The van der Waals surface area contributed by atoms with Crippen LogP contribution in [0, 0.1) is 0 Å². The summed E-state index contributed by atoms with van der Waals surface area (Å²) >= 11 is 6.01. The third-order valence-corrected chi connectivity index (χ3v) is 5.68. The van der Waals surface area contributed by atoms with Crippen molar-refractivity contribution in [2.24, 2.45) is 0 Å². The van der Waals surface area contributed by atoms with Crippen LogP contribution in [0.1, 0.15) is 12.5 Å². The molecule has 1 heterocycles. The summed E-state index contributed by atoms with van der Waals surface area (Å²) in [5.74, 6) is 0. The molecule has 1 aromatic carbocycles. The molecule has 0 aliphatic heterocycles. The number of aromatic nitrogens is 1. The molecule has 0 saturated heterocycles. The number of halogens is 1. The first-order chi connectivity index (χ1) is 10.1. The summed E-state index contributed by atoms with van der Waals surface area (Å²) in [4.78, 5) is 4.11. The topological polar surface area (TPSA) is 50.3 Å². The predicted molar refractivity (Wildman–Crippen MR) is 83.8 cm³/mol. The van der Waals surface area contributed by atoms with Crippen molar-refractivity contribution in [1.82, 2.24) is 9.29 Å². The Balaban J connectivity index is 2.19. The fraction of sp³-hybridized carbons (Fsp3) is 0.267. The highest BCUT2D eigenvalue weighted by Crippen LogP contribution is 2.24. The van der Waals surface area contributed by atoms with Crippen molar-refractivity contribution in [3.05, 3.63) is 59.4 Å². The second-order valence-corrected chi connectivity index (χ2v) is 6.85. The van der Waals surface area contributed by atoms with Crippen LogP contribution < -0.4 is 0 Å². The van der Waals surface area contributed by atoms with Gasteiger partial charge in [0.05, 0.1) is 5.02 Å². The maximum Gasteiger partial charge on any atom is 0.244 e. The number of hydrogen-bond acceptors (Lipinski definition) is 3. The molecule has 4 nitrogen and oxygen atoms in total. The van der Waals surface area contributed by atoms with Gasteiger partial charge in [-0.15, -0.1) is 0 Å². The highest BCUT2D eigenvalue weighted by molar-refractivity contribution is 7.89. The van der Waals surface area contributed by atoms with Gasteiger partial charge in [-0.3, -0.25) is 4.98 Å². The Morgan fingerprint density at radius 1 is 1.14 bits per heavy atom. The van der Waals surface area contributed by atoms with Crippen LogP contribution in [0.4, 0.5) is 0 Å². The maximum atomic E-state index is 12.6. The van der Waals surface area contributed by atoms with Crippen molar-refractivity contribution in [3.63, 3.8) is 0 Å². The number of pyridine rings is 1. The van der Waals surface area contributed by atoms with Gasteiger partial charge < -0.3 is 0 Å². The minimum absolute atomic E-state index is 0.156. The number of hydrogen-bond donors (Lipinski definition) is 0. The van der Waals surface area contributed by atoms with Crippen LogP contribution in [-0.2, 0) is 16.4 Å². The lowest BCUT2D eigenvalue weighted by Gasteiger charge is -2.21. The Morgan fingerprint density at radius 3 is 2.43 bits per heavy atom. The second kappa shape index (κ2) is 7.02. The molecule has 0 atom stereocenters. The van der Waals surface area contributed by atoms with E-state index >= 15 is 0 Å². The van der Waals surface area contributed by atoms with Gasteiger partial charge >= 0.3 is 0 Å². The van der Waals surface area contributed by atoms with E-state index in [4.69, 9.17) is 11.6 Å². The van der Waals surface area contributed by atoms with Gasteiger partial charge in [-0.2, -0.15) is 4.31 Å². The molecule has 0 unspecified atom stereocenters. The van der Waals surface area contributed by atoms with E-state index in [1.807, 2.05) is 19.1 Å². The molecule has 2 rings (SSSR count). The fourth-order valence-electron chi connectivity index (χ4n) is 2.04. The number of sulfonamides is 1. The first-order valence-electron chi connectivity index (χ1n) is 6.69. The van der Waals surface area contributed by atoms with E-state index in [1.165, 1.54) is 10.4 Å². The first kappa shape index (κ1) is 15.9. The van der Waals surface area contributed by atoms with Crippen molar-refractivity contribution in [3.8, 4) is 0 Å². The molecule has 6 heteroatoms. The van der Waals surface area contributed by atoms with E-state index in [1.54, 1.807) is 30.6 Å². The number of likely N-dealkylation sites (N-methyl/N-ethyl adjacent to an activating group) is 1. The van der Waals surface area contributed by atoms with Crippen LogP contribution in [0.15, 0.2) is 53.7 Å². The van der Waals surface area contributed by atoms with Crippen LogP contribution in [0.2, 0.25) is 5.02 Å². The van der Waals surface area contributed by atoms with Gasteiger partial charge in [0.1, 0.15) is 4.90 Å². The summed E-state index contributed by atoms with van der Waals surface area (Å²) in [6.07, 6.45) is 4.04. The molecule has 0 fully saturated rings. The minimum atomic E-state index is -3.57. The molecule has 1 aromatic heterocycles. The predicted octanol–water partition coefficient (Wildman–Crippen LogP) is 2.99. The normalized spacial score (nSPS) is 11.8. The van der Waals surface area contributed by atoms with Gasteiger partial charge in [-0.25, -0.2) is 8.42 Å². The summed E-state index contributed by atoms with van der Waals surface area (Å²) < 4.78 is 26.7. The Kier molecular flexibility index (Phi) is 5.33. The Labute approximate surface area is 130 Å². The lowest BCUT2D eigenvalue weighted by molar-refractivity contribution is 0.431. The Bertz CT molecular complexity index is 690. The molecule has 0 N–H and O–H groups in total. The van der Waals surface area contributed by atoms with Gasteiger partial charge in [0, 0.05) is 25.5 Å². The third kappa shape index (κ3) is 3.81. The molecular weight excluding hydrogens is 308 g/mol. The highest BCUT2D eigenvalue weighted by Gasteiger charge is 2.24. The SMILES string of the molecule is CCN(CCc1ccncc1)S(=O)(=O)c1ccccc1Cl. The Morgan fingerprint density at radius 2 is 1.81 bits per heavy atom. The zero-order valence-corrected chi connectivity index (χ0v) is 13.3. The van der Waals surface area contributed by atoms with Crippen molar-refractivity contribution in [1.29, 1.82) is 0 Å². The molecule has 0 amide bonds. The minimum Gasteiger partial charge on any atom is -0.265 e. The molecule has 2 aromatic rings. The van der Waals surface area contributed by atoms with Crippen molar-refractivity contribution >= 4 is 21.6 Å². The lowest BCUT2D eigenvalue weighted by Crippen LogP contribution is -2.33. The Hall–Kier alpha value is -1.43. The smallest absolute Gasteiger partial charge is 0.244 e. The van der Waals surface area contributed by atoms with Gasteiger partial charge in [0.25, 0.3) is 0 Å². The van der Waals surface area contributed by atoms with Crippen molar-refractivity contribution < 1.29 is 8.42 Å². The quantitative estimate of drug-likeness (QED) is 0.820. The zero-order valence-electron chi connectivity index (χ0n) is 11.7. The molecule has 0 bridgehead atoms. The van der Waals surface area contributed by atoms with Gasteiger partial charge in [-0.05, 0) is 36.2 Å². The molecule has 0 radical (unpaired) electrons. The van der Waals surface area contributed by atoms with Crippen LogP contribution in [0.3, 0.4) is 0 Å². The van der Waals surface area contributed by atoms with Crippen LogP contribution in [0.25, 0.3) is 0 Å². The summed E-state index contributed by atoms with van der Waals surface area (Å²) in [5, 5.41) is 0.250. The van der Waals surface area contributed by atoms with Gasteiger partial charge in [-0.1, -0.05) is 30.7 Å². The van der Waals surface area contributed by atoms with E-state index in [0.717, 1.165) is 5.56 Å². The van der Waals surface area contributed by atoms with Crippen molar-refractivity contribution in [2.75, 3.05) is 13.1 Å².